The Morgan fingerprint density at radius 3 is 2.75 bits per heavy atom. The van der Waals surface area contributed by atoms with E-state index >= 15 is 0 Å². The second kappa shape index (κ2) is 5.09. The molecule has 0 aliphatic heterocycles. The van der Waals surface area contributed by atoms with Gasteiger partial charge in [0.05, 0.1) is 6.20 Å². The van der Waals surface area contributed by atoms with Gasteiger partial charge in [-0.2, -0.15) is 0 Å². The summed E-state index contributed by atoms with van der Waals surface area (Å²) in [5.41, 5.74) is 7.06. The molecule has 0 aliphatic rings. The van der Waals surface area contributed by atoms with Crippen LogP contribution in [-0.2, 0) is 0 Å². The molecule has 0 saturated carbocycles. The lowest BCUT2D eigenvalue weighted by Gasteiger charge is -2.11. The van der Waals surface area contributed by atoms with E-state index in [1.54, 1.807) is 30.4 Å². The van der Waals surface area contributed by atoms with Crippen LogP contribution in [0.25, 0.3) is 0 Å². The van der Waals surface area contributed by atoms with Crippen LogP contribution in [0.2, 0.25) is 0 Å². The largest absolute Gasteiger partial charge is 0.324 e. The molecule has 1 aromatic heterocycles. The predicted molar refractivity (Wildman–Crippen MR) is 65.2 cm³/mol. The van der Waals surface area contributed by atoms with E-state index in [-0.39, 0.29) is 6.04 Å². The molecule has 16 heavy (non-hydrogen) atoms. The van der Waals surface area contributed by atoms with Gasteiger partial charge in [-0.1, -0.05) is 30.0 Å². The van der Waals surface area contributed by atoms with Crippen molar-refractivity contribution in [2.24, 2.45) is 5.73 Å². The zero-order valence-electron chi connectivity index (χ0n) is 9.00. The van der Waals surface area contributed by atoms with E-state index in [1.807, 2.05) is 25.1 Å². The zero-order chi connectivity index (χ0) is 11.4. The molecule has 1 aromatic carbocycles. The highest BCUT2D eigenvalue weighted by atomic mass is 32.2. The first-order chi connectivity index (χ1) is 7.77. The van der Waals surface area contributed by atoms with Gasteiger partial charge in [-0.25, -0.2) is 4.98 Å². The van der Waals surface area contributed by atoms with Crippen LogP contribution < -0.4 is 5.73 Å². The Labute approximate surface area is 99.1 Å². The van der Waals surface area contributed by atoms with Crippen LogP contribution in [0.4, 0.5) is 0 Å². The molecule has 2 N–H and O–H groups in total. The van der Waals surface area contributed by atoms with Crippen molar-refractivity contribution in [2.45, 2.75) is 22.9 Å². The number of nitrogens with two attached hydrogens (primary N) is 1. The Morgan fingerprint density at radius 2 is 2.06 bits per heavy atom. The molecule has 0 fully saturated rings. The van der Waals surface area contributed by atoms with Gasteiger partial charge >= 0.3 is 0 Å². The topological polar surface area (TPSA) is 51.8 Å². The van der Waals surface area contributed by atoms with Crippen molar-refractivity contribution in [3.05, 3.63) is 48.4 Å². The van der Waals surface area contributed by atoms with E-state index in [4.69, 9.17) is 5.73 Å². The van der Waals surface area contributed by atoms with Gasteiger partial charge in [0.15, 0.2) is 0 Å². The van der Waals surface area contributed by atoms with E-state index in [0.29, 0.717) is 0 Å². The zero-order valence-corrected chi connectivity index (χ0v) is 9.82. The average Bonchev–Trinajstić information content (AvgIpc) is 2.31. The molecular weight excluding hydrogens is 218 g/mol. The molecule has 0 spiro atoms. The highest BCUT2D eigenvalue weighted by Crippen LogP contribution is 2.30. The predicted octanol–water partition coefficient (Wildman–Crippen LogP) is 2.65. The molecule has 4 heteroatoms. The third-order valence-electron chi connectivity index (χ3n) is 2.16. The second-order valence-electron chi connectivity index (χ2n) is 3.47. The van der Waals surface area contributed by atoms with Crippen LogP contribution in [0, 0.1) is 0 Å². The number of rotatable bonds is 3. The fraction of sp³-hybridized carbons (Fsp3) is 0.167. The van der Waals surface area contributed by atoms with Gasteiger partial charge < -0.3 is 5.73 Å². The average molecular weight is 231 g/mol. The first-order valence-electron chi connectivity index (χ1n) is 5.06. The molecule has 2 rings (SSSR count). The van der Waals surface area contributed by atoms with E-state index in [9.17, 15) is 0 Å². The van der Waals surface area contributed by atoms with Crippen molar-refractivity contribution >= 4 is 11.8 Å². The van der Waals surface area contributed by atoms with Gasteiger partial charge in [0.25, 0.3) is 0 Å². The quantitative estimate of drug-likeness (QED) is 0.882. The highest BCUT2D eigenvalue weighted by Gasteiger charge is 2.07. The van der Waals surface area contributed by atoms with Crippen molar-refractivity contribution in [1.29, 1.82) is 0 Å². The SMILES string of the molecule is CC(N)c1ccccc1Sc1cnccn1. The summed E-state index contributed by atoms with van der Waals surface area (Å²) in [5, 5.41) is 0.885. The molecule has 1 unspecified atom stereocenters. The fourth-order valence-electron chi connectivity index (χ4n) is 1.40. The van der Waals surface area contributed by atoms with Gasteiger partial charge in [0, 0.05) is 23.3 Å². The molecule has 1 heterocycles. The number of hydrogen-bond donors (Lipinski definition) is 1. The van der Waals surface area contributed by atoms with Crippen molar-refractivity contribution in [3.8, 4) is 0 Å². The molecule has 1 atom stereocenters. The number of hydrogen-bond acceptors (Lipinski definition) is 4. The number of benzene rings is 1. The molecule has 0 aliphatic carbocycles. The maximum absolute atomic E-state index is 5.92. The van der Waals surface area contributed by atoms with Crippen LogP contribution >= 0.6 is 11.8 Å². The Kier molecular flexibility index (Phi) is 3.54. The Balaban J connectivity index is 2.28. The Hall–Kier alpha value is -1.39. The van der Waals surface area contributed by atoms with E-state index in [2.05, 4.69) is 16.0 Å². The Morgan fingerprint density at radius 1 is 1.25 bits per heavy atom. The molecule has 3 nitrogen and oxygen atoms in total. The minimum absolute atomic E-state index is 0.0281. The smallest absolute Gasteiger partial charge is 0.119 e. The molecule has 0 bridgehead atoms. The van der Waals surface area contributed by atoms with Crippen LogP contribution in [0.1, 0.15) is 18.5 Å². The number of nitrogens with zero attached hydrogens (tertiary/aromatic N) is 2. The van der Waals surface area contributed by atoms with Crippen LogP contribution in [-0.4, -0.2) is 9.97 Å². The summed E-state index contributed by atoms with van der Waals surface area (Å²) in [7, 11) is 0. The molecule has 0 amide bonds. The lowest BCUT2D eigenvalue weighted by atomic mass is 10.1. The normalized spacial score (nSPS) is 12.4. The first-order valence-corrected chi connectivity index (χ1v) is 5.87. The van der Waals surface area contributed by atoms with Gasteiger partial charge in [-0.3, -0.25) is 4.98 Å². The second-order valence-corrected chi connectivity index (χ2v) is 4.53. The summed E-state index contributed by atoms with van der Waals surface area (Å²) in [6, 6.07) is 8.13. The molecule has 0 radical (unpaired) electrons. The molecule has 2 aromatic rings. The van der Waals surface area contributed by atoms with Crippen molar-refractivity contribution < 1.29 is 0 Å². The van der Waals surface area contributed by atoms with Gasteiger partial charge in [0.1, 0.15) is 5.03 Å². The summed E-state index contributed by atoms with van der Waals surface area (Å²) >= 11 is 1.59. The van der Waals surface area contributed by atoms with Gasteiger partial charge in [0.2, 0.25) is 0 Å². The summed E-state index contributed by atoms with van der Waals surface area (Å²) in [5.74, 6) is 0. The Bertz CT molecular complexity index is 457. The summed E-state index contributed by atoms with van der Waals surface area (Å²) in [4.78, 5) is 9.41. The van der Waals surface area contributed by atoms with E-state index in [0.717, 1.165) is 15.5 Å². The van der Waals surface area contributed by atoms with Crippen molar-refractivity contribution in [3.63, 3.8) is 0 Å². The minimum atomic E-state index is 0.0281. The molecule has 0 saturated heterocycles. The molecule has 82 valence electrons. The van der Waals surface area contributed by atoms with Crippen molar-refractivity contribution in [1.82, 2.24) is 9.97 Å². The molecular formula is C12H13N3S. The maximum Gasteiger partial charge on any atom is 0.119 e. The highest BCUT2D eigenvalue weighted by molar-refractivity contribution is 7.99. The van der Waals surface area contributed by atoms with E-state index < -0.39 is 0 Å². The standard InChI is InChI=1S/C12H13N3S/c1-9(13)10-4-2-3-5-11(10)16-12-8-14-6-7-15-12/h2-9H,13H2,1H3. The minimum Gasteiger partial charge on any atom is -0.324 e. The lowest BCUT2D eigenvalue weighted by Crippen LogP contribution is -2.06. The maximum atomic E-state index is 5.92. The fourth-order valence-corrected chi connectivity index (χ4v) is 2.37. The van der Waals surface area contributed by atoms with Crippen LogP contribution in [0.5, 0.6) is 0 Å². The summed E-state index contributed by atoms with van der Waals surface area (Å²) in [6.45, 7) is 1.98. The summed E-state index contributed by atoms with van der Waals surface area (Å²) in [6.07, 6.45) is 5.11. The van der Waals surface area contributed by atoms with E-state index in [1.165, 1.54) is 0 Å². The van der Waals surface area contributed by atoms with Crippen molar-refractivity contribution in [2.75, 3.05) is 0 Å². The third-order valence-corrected chi connectivity index (χ3v) is 3.18. The summed E-state index contributed by atoms with van der Waals surface area (Å²) < 4.78 is 0. The first kappa shape index (κ1) is 11.1. The van der Waals surface area contributed by atoms with Gasteiger partial charge in [-0.05, 0) is 18.6 Å². The van der Waals surface area contributed by atoms with Crippen LogP contribution in [0.15, 0.2) is 52.8 Å². The lowest BCUT2D eigenvalue weighted by molar-refractivity contribution is 0.797. The van der Waals surface area contributed by atoms with Gasteiger partial charge in [-0.15, -0.1) is 0 Å². The van der Waals surface area contributed by atoms with Crippen LogP contribution in [0.3, 0.4) is 0 Å². The number of aromatic nitrogens is 2. The monoisotopic (exact) mass is 231 g/mol. The third kappa shape index (κ3) is 2.59.